The zero-order valence-corrected chi connectivity index (χ0v) is 9.56. The molecular formula is C11H14O4S. The van der Waals surface area contributed by atoms with Crippen LogP contribution in [0.3, 0.4) is 0 Å². The van der Waals surface area contributed by atoms with E-state index in [1.165, 1.54) is 0 Å². The summed E-state index contributed by atoms with van der Waals surface area (Å²) in [6.07, 6.45) is 0.192. The zero-order chi connectivity index (χ0) is 11.6. The number of ether oxygens (including phenoxy) is 1. The van der Waals surface area contributed by atoms with Crippen LogP contribution in [-0.4, -0.2) is 38.1 Å². The maximum Gasteiger partial charge on any atom is 0.178 e. The van der Waals surface area contributed by atoms with Crippen molar-refractivity contribution in [1.29, 1.82) is 0 Å². The van der Waals surface area contributed by atoms with Crippen molar-refractivity contribution >= 4 is 9.84 Å². The van der Waals surface area contributed by atoms with Crippen LogP contribution in [-0.2, 0) is 14.6 Å². The predicted octanol–water partition coefficient (Wildman–Crippen LogP) is 0.610. The largest absolute Gasteiger partial charge is 0.394 e. The summed E-state index contributed by atoms with van der Waals surface area (Å²) in [5, 5.41) is 8.75. The van der Waals surface area contributed by atoms with Crippen molar-refractivity contribution in [1.82, 2.24) is 0 Å². The molecule has 2 atom stereocenters. The van der Waals surface area contributed by atoms with E-state index in [0.717, 1.165) is 0 Å². The normalized spacial score (nSPS) is 24.3. The Bertz CT molecular complexity index is 440. The van der Waals surface area contributed by atoms with E-state index in [1.54, 1.807) is 30.3 Å². The highest BCUT2D eigenvalue weighted by atomic mass is 32.2. The lowest BCUT2D eigenvalue weighted by Gasteiger charge is -2.02. The van der Waals surface area contributed by atoms with Crippen molar-refractivity contribution in [3.05, 3.63) is 30.3 Å². The SMILES string of the molecule is O=S(=O)(CC[C@@H]1O[C@H]1CO)c1ccccc1. The fourth-order valence-corrected chi connectivity index (χ4v) is 2.96. The first-order chi connectivity index (χ1) is 7.63. The molecule has 1 aliphatic rings. The van der Waals surface area contributed by atoms with Gasteiger partial charge in [-0.25, -0.2) is 8.42 Å². The van der Waals surface area contributed by atoms with E-state index in [1.807, 2.05) is 0 Å². The van der Waals surface area contributed by atoms with E-state index in [-0.39, 0.29) is 24.6 Å². The van der Waals surface area contributed by atoms with Crippen LogP contribution in [0.1, 0.15) is 6.42 Å². The Balaban J connectivity index is 1.94. The van der Waals surface area contributed by atoms with E-state index < -0.39 is 9.84 Å². The first-order valence-electron chi connectivity index (χ1n) is 5.17. The van der Waals surface area contributed by atoms with Gasteiger partial charge in [0.2, 0.25) is 0 Å². The van der Waals surface area contributed by atoms with E-state index in [0.29, 0.717) is 11.3 Å². The Kier molecular flexibility index (Phi) is 3.28. The molecule has 0 aromatic heterocycles. The van der Waals surface area contributed by atoms with Crippen molar-refractivity contribution in [2.75, 3.05) is 12.4 Å². The summed E-state index contributed by atoms with van der Waals surface area (Å²) >= 11 is 0. The molecule has 0 unspecified atom stereocenters. The molecule has 0 bridgehead atoms. The summed E-state index contributed by atoms with van der Waals surface area (Å²) in [7, 11) is -3.21. The molecule has 1 aliphatic heterocycles. The van der Waals surface area contributed by atoms with Gasteiger partial charge in [0.15, 0.2) is 9.84 Å². The van der Waals surface area contributed by atoms with E-state index in [4.69, 9.17) is 9.84 Å². The van der Waals surface area contributed by atoms with Crippen LogP contribution in [0.2, 0.25) is 0 Å². The van der Waals surface area contributed by atoms with E-state index in [2.05, 4.69) is 0 Å². The highest BCUT2D eigenvalue weighted by Crippen LogP contribution is 2.26. The van der Waals surface area contributed by atoms with Crippen LogP contribution in [0.25, 0.3) is 0 Å². The topological polar surface area (TPSA) is 66.9 Å². The molecule has 1 aromatic carbocycles. The Hall–Kier alpha value is -0.910. The maximum absolute atomic E-state index is 11.8. The van der Waals surface area contributed by atoms with Gasteiger partial charge in [-0.05, 0) is 18.6 Å². The van der Waals surface area contributed by atoms with Gasteiger partial charge in [0.25, 0.3) is 0 Å². The second-order valence-corrected chi connectivity index (χ2v) is 5.93. The Morgan fingerprint density at radius 1 is 1.19 bits per heavy atom. The first-order valence-corrected chi connectivity index (χ1v) is 6.83. The van der Waals surface area contributed by atoms with E-state index in [9.17, 15) is 8.42 Å². The summed E-state index contributed by atoms with van der Waals surface area (Å²) in [6.45, 7) is -0.0317. The molecule has 1 aromatic rings. The number of benzene rings is 1. The third-order valence-corrected chi connectivity index (χ3v) is 4.40. The van der Waals surface area contributed by atoms with Crippen LogP contribution in [0.5, 0.6) is 0 Å². The predicted molar refractivity (Wildman–Crippen MR) is 58.9 cm³/mol. The molecule has 5 heteroatoms. The summed E-state index contributed by atoms with van der Waals surface area (Å²) < 4.78 is 28.8. The fourth-order valence-electron chi connectivity index (χ4n) is 1.61. The minimum atomic E-state index is -3.21. The monoisotopic (exact) mass is 242 g/mol. The Morgan fingerprint density at radius 2 is 1.88 bits per heavy atom. The van der Waals surface area contributed by atoms with Crippen molar-refractivity contribution < 1.29 is 18.3 Å². The Labute approximate surface area is 94.8 Å². The molecule has 0 radical (unpaired) electrons. The van der Waals surface area contributed by atoms with Crippen molar-refractivity contribution in [3.8, 4) is 0 Å². The second-order valence-electron chi connectivity index (χ2n) is 3.82. The first kappa shape index (κ1) is 11.6. The molecular weight excluding hydrogens is 228 g/mol. The van der Waals surface area contributed by atoms with Gasteiger partial charge in [0.1, 0.15) is 6.10 Å². The average Bonchev–Trinajstić information content (AvgIpc) is 3.06. The third-order valence-electron chi connectivity index (χ3n) is 2.64. The highest BCUT2D eigenvalue weighted by molar-refractivity contribution is 7.91. The summed E-state index contributed by atoms with van der Waals surface area (Å²) in [6, 6.07) is 8.37. The minimum Gasteiger partial charge on any atom is -0.394 e. The van der Waals surface area contributed by atoms with Crippen LogP contribution >= 0.6 is 0 Å². The summed E-state index contributed by atoms with van der Waals surface area (Å²) in [5.41, 5.74) is 0. The molecule has 1 saturated heterocycles. The smallest absolute Gasteiger partial charge is 0.178 e. The van der Waals surface area contributed by atoms with Gasteiger partial charge in [-0.15, -0.1) is 0 Å². The lowest BCUT2D eigenvalue weighted by molar-refractivity contribution is 0.242. The molecule has 0 saturated carbocycles. The summed E-state index contributed by atoms with van der Waals surface area (Å²) in [5.74, 6) is 0.0676. The zero-order valence-electron chi connectivity index (χ0n) is 8.74. The number of epoxide rings is 1. The van der Waals surface area contributed by atoms with Gasteiger partial charge in [-0.1, -0.05) is 18.2 Å². The maximum atomic E-state index is 11.8. The fraction of sp³-hybridized carbons (Fsp3) is 0.455. The quantitative estimate of drug-likeness (QED) is 0.768. The number of aliphatic hydroxyl groups is 1. The molecule has 1 N–H and O–H groups in total. The van der Waals surface area contributed by atoms with Crippen molar-refractivity contribution in [2.24, 2.45) is 0 Å². The van der Waals surface area contributed by atoms with Crippen LogP contribution in [0.4, 0.5) is 0 Å². The second kappa shape index (κ2) is 4.53. The molecule has 16 heavy (non-hydrogen) atoms. The van der Waals surface area contributed by atoms with Gasteiger partial charge < -0.3 is 9.84 Å². The van der Waals surface area contributed by atoms with Gasteiger partial charge in [0.05, 0.1) is 23.4 Å². The van der Waals surface area contributed by atoms with Crippen molar-refractivity contribution in [3.63, 3.8) is 0 Å². The van der Waals surface area contributed by atoms with Gasteiger partial charge in [0, 0.05) is 0 Å². The molecule has 0 spiro atoms. The standard InChI is InChI=1S/C11H14O4S/c12-8-11-10(15-11)6-7-16(13,14)9-4-2-1-3-5-9/h1-5,10-12H,6-8H2/t10-,11-/m0/s1. The molecule has 0 amide bonds. The number of aliphatic hydroxyl groups excluding tert-OH is 1. The number of hydrogen-bond donors (Lipinski definition) is 1. The number of hydrogen-bond acceptors (Lipinski definition) is 4. The lowest BCUT2D eigenvalue weighted by atomic mass is 10.3. The van der Waals surface area contributed by atoms with E-state index >= 15 is 0 Å². The van der Waals surface area contributed by atoms with Crippen LogP contribution < -0.4 is 0 Å². The van der Waals surface area contributed by atoms with Crippen LogP contribution in [0.15, 0.2) is 35.2 Å². The number of rotatable bonds is 5. The molecule has 0 aliphatic carbocycles. The molecule has 88 valence electrons. The molecule has 1 heterocycles. The van der Waals surface area contributed by atoms with Gasteiger partial charge >= 0.3 is 0 Å². The highest BCUT2D eigenvalue weighted by Gasteiger charge is 2.38. The summed E-state index contributed by atoms with van der Waals surface area (Å²) in [4.78, 5) is 0.344. The number of sulfone groups is 1. The third kappa shape index (κ3) is 2.61. The van der Waals surface area contributed by atoms with Gasteiger partial charge in [-0.2, -0.15) is 0 Å². The lowest BCUT2D eigenvalue weighted by Crippen LogP contribution is -2.10. The molecule has 1 fully saturated rings. The molecule has 2 rings (SSSR count). The van der Waals surface area contributed by atoms with Crippen molar-refractivity contribution in [2.45, 2.75) is 23.5 Å². The minimum absolute atomic E-state index is 0.0317. The van der Waals surface area contributed by atoms with Gasteiger partial charge in [-0.3, -0.25) is 0 Å². The van der Waals surface area contributed by atoms with Crippen LogP contribution in [0, 0.1) is 0 Å². The average molecular weight is 242 g/mol. The Morgan fingerprint density at radius 3 is 2.44 bits per heavy atom. The molecule has 4 nitrogen and oxygen atoms in total.